The number of fused-ring (bicyclic) bond motifs is 1. The van der Waals surface area contributed by atoms with Crippen LogP contribution in [0.2, 0.25) is 5.02 Å². The van der Waals surface area contributed by atoms with Crippen molar-refractivity contribution in [1.82, 2.24) is 4.98 Å². The minimum absolute atomic E-state index is 0.0203. The first-order valence-electron chi connectivity index (χ1n) is 9.21. The van der Waals surface area contributed by atoms with Crippen molar-refractivity contribution in [2.75, 3.05) is 29.4 Å². The molecule has 3 heterocycles. The Bertz CT molecular complexity index is 895. The zero-order valence-electron chi connectivity index (χ0n) is 15.0. The number of hydrogen-bond acceptors (Lipinski definition) is 3. The molecular formula is C20H19ClF3N3O. The third kappa shape index (κ3) is 3.55. The maximum Gasteiger partial charge on any atom is 0.417 e. The van der Waals surface area contributed by atoms with Crippen LogP contribution in [0.4, 0.5) is 24.7 Å². The summed E-state index contributed by atoms with van der Waals surface area (Å²) in [4.78, 5) is 20.6. The maximum absolute atomic E-state index is 13.0. The van der Waals surface area contributed by atoms with Crippen LogP contribution in [0.25, 0.3) is 0 Å². The number of amides is 1. The fourth-order valence-electron chi connectivity index (χ4n) is 3.94. The molecule has 0 radical (unpaired) electrons. The van der Waals surface area contributed by atoms with Crippen molar-refractivity contribution in [3.8, 4) is 0 Å². The first kappa shape index (κ1) is 19.1. The largest absolute Gasteiger partial charge is 0.417 e. The van der Waals surface area contributed by atoms with Crippen LogP contribution in [0.5, 0.6) is 0 Å². The number of carbonyl (C=O) groups is 1. The summed E-state index contributed by atoms with van der Waals surface area (Å²) in [7, 11) is 0. The van der Waals surface area contributed by atoms with Crippen LogP contribution in [0.15, 0.2) is 36.5 Å². The number of nitrogens with zero attached hydrogens (tertiary/aromatic N) is 3. The number of carbonyl (C=O) groups excluding carboxylic acids is 1. The highest BCUT2D eigenvalue weighted by molar-refractivity contribution is 6.33. The van der Waals surface area contributed by atoms with Gasteiger partial charge in [-0.05, 0) is 37.0 Å². The summed E-state index contributed by atoms with van der Waals surface area (Å²) in [6, 6.07) is 8.84. The first-order chi connectivity index (χ1) is 13.3. The van der Waals surface area contributed by atoms with Gasteiger partial charge in [-0.1, -0.05) is 29.8 Å². The lowest BCUT2D eigenvalue weighted by molar-refractivity contribution is -0.137. The second-order valence-electron chi connectivity index (χ2n) is 7.16. The summed E-state index contributed by atoms with van der Waals surface area (Å²) >= 11 is 6.05. The van der Waals surface area contributed by atoms with Gasteiger partial charge in [0, 0.05) is 37.4 Å². The molecule has 1 aromatic heterocycles. The van der Waals surface area contributed by atoms with Gasteiger partial charge in [-0.15, -0.1) is 0 Å². The third-order valence-corrected chi connectivity index (χ3v) is 5.72. The predicted molar refractivity (Wildman–Crippen MR) is 102 cm³/mol. The molecule has 1 saturated heterocycles. The highest BCUT2D eigenvalue weighted by Gasteiger charge is 2.34. The molecule has 0 bridgehead atoms. The molecular weight excluding hydrogens is 391 g/mol. The minimum atomic E-state index is -4.47. The van der Waals surface area contributed by atoms with Gasteiger partial charge in [0.05, 0.1) is 10.6 Å². The maximum atomic E-state index is 13.0. The number of alkyl halides is 3. The molecule has 0 aliphatic carbocycles. The Labute approximate surface area is 165 Å². The molecule has 8 heteroatoms. The van der Waals surface area contributed by atoms with E-state index in [1.807, 2.05) is 34.1 Å². The number of pyridine rings is 1. The van der Waals surface area contributed by atoms with E-state index in [4.69, 9.17) is 11.6 Å². The van der Waals surface area contributed by atoms with E-state index in [2.05, 4.69) is 4.98 Å². The van der Waals surface area contributed by atoms with Gasteiger partial charge in [0.1, 0.15) is 5.82 Å². The molecule has 28 heavy (non-hydrogen) atoms. The second kappa shape index (κ2) is 7.28. The average Bonchev–Trinajstić information content (AvgIpc) is 3.11. The number of piperidine rings is 1. The van der Waals surface area contributed by atoms with E-state index in [9.17, 15) is 18.0 Å². The number of hydrogen-bond donors (Lipinski definition) is 0. The Kier molecular flexibility index (Phi) is 4.95. The van der Waals surface area contributed by atoms with Crippen molar-refractivity contribution in [3.05, 3.63) is 52.7 Å². The Balaban J connectivity index is 1.42. The van der Waals surface area contributed by atoms with Gasteiger partial charge in [-0.2, -0.15) is 13.2 Å². The van der Waals surface area contributed by atoms with E-state index < -0.39 is 11.7 Å². The molecule has 1 aromatic carbocycles. The molecule has 0 N–H and O–H groups in total. The predicted octanol–water partition coefficient (Wildman–Crippen LogP) is 4.56. The Morgan fingerprint density at radius 1 is 1.14 bits per heavy atom. The molecule has 0 spiro atoms. The monoisotopic (exact) mass is 409 g/mol. The van der Waals surface area contributed by atoms with Gasteiger partial charge in [0.25, 0.3) is 0 Å². The summed E-state index contributed by atoms with van der Waals surface area (Å²) in [6.45, 7) is 1.76. The Hall–Kier alpha value is -2.28. The van der Waals surface area contributed by atoms with Crippen LogP contribution >= 0.6 is 11.6 Å². The Morgan fingerprint density at radius 3 is 2.54 bits per heavy atom. The van der Waals surface area contributed by atoms with Crippen LogP contribution in [0.1, 0.15) is 24.0 Å². The molecule has 2 aromatic rings. The molecule has 0 unspecified atom stereocenters. The quantitative estimate of drug-likeness (QED) is 0.729. The van der Waals surface area contributed by atoms with Gasteiger partial charge in [0.15, 0.2) is 0 Å². The third-order valence-electron chi connectivity index (χ3n) is 5.45. The number of para-hydroxylation sites is 1. The summed E-state index contributed by atoms with van der Waals surface area (Å²) in [5.74, 6) is 0.360. The summed E-state index contributed by atoms with van der Waals surface area (Å²) in [6.07, 6.45) is -1.56. The van der Waals surface area contributed by atoms with Gasteiger partial charge in [-0.25, -0.2) is 4.98 Å². The van der Waals surface area contributed by atoms with Crippen LogP contribution in [0, 0.1) is 5.92 Å². The molecule has 4 rings (SSSR count). The summed E-state index contributed by atoms with van der Waals surface area (Å²) in [5, 5.41) is -0.0203. The van der Waals surface area contributed by atoms with Gasteiger partial charge < -0.3 is 9.80 Å². The highest BCUT2D eigenvalue weighted by Crippen LogP contribution is 2.35. The van der Waals surface area contributed by atoms with E-state index in [1.165, 1.54) is 5.56 Å². The number of benzene rings is 1. The van der Waals surface area contributed by atoms with Crippen LogP contribution in [-0.4, -0.2) is 30.5 Å². The minimum Gasteiger partial charge on any atom is -0.355 e. The number of halogens is 4. The van der Waals surface area contributed by atoms with E-state index >= 15 is 0 Å². The molecule has 1 amide bonds. The van der Waals surface area contributed by atoms with Crippen molar-refractivity contribution in [2.45, 2.75) is 25.4 Å². The van der Waals surface area contributed by atoms with E-state index in [0.29, 0.717) is 38.3 Å². The molecule has 2 aliphatic rings. The zero-order chi connectivity index (χ0) is 19.9. The smallest absolute Gasteiger partial charge is 0.355 e. The topological polar surface area (TPSA) is 36.4 Å². The van der Waals surface area contributed by atoms with Crippen LogP contribution in [0.3, 0.4) is 0 Å². The lowest BCUT2D eigenvalue weighted by atomic mass is 9.95. The number of rotatable bonds is 2. The molecule has 4 nitrogen and oxygen atoms in total. The average molecular weight is 410 g/mol. The van der Waals surface area contributed by atoms with Crippen molar-refractivity contribution in [1.29, 1.82) is 0 Å². The number of aromatic nitrogens is 1. The van der Waals surface area contributed by atoms with Crippen molar-refractivity contribution < 1.29 is 18.0 Å². The fraction of sp³-hybridized carbons (Fsp3) is 0.400. The molecule has 2 aliphatic heterocycles. The van der Waals surface area contributed by atoms with Crippen LogP contribution in [-0.2, 0) is 17.4 Å². The van der Waals surface area contributed by atoms with Gasteiger partial charge in [-0.3, -0.25) is 4.79 Å². The molecule has 148 valence electrons. The van der Waals surface area contributed by atoms with E-state index in [1.54, 1.807) is 0 Å². The second-order valence-corrected chi connectivity index (χ2v) is 7.56. The zero-order valence-corrected chi connectivity index (χ0v) is 15.8. The molecule has 0 atom stereocenters. The van der Waals surface area contributed by atoms with Crippen molar-refractivity contribution >= 4 is 29.0 Å². The summed E-state index contributed by atoms with van der Waals surface area (Å²) in [5.41, 5.74) is 1.32. The van der Waals surface area contributed by atoms with E-state index in [-0.39, 0.29) is 16.8 Å². The SMILES string of the molecule is O=C(C1CCN(c2ncc(C(F)(F)F)cc2Cl)CC1)N1CCc2ccccc21. The summed E-state index contributed by atoms with van der Waals surface area (Å²) < 4.78 is 38.3. The lowest BCUT2D eigenvalue weighted by Gasteiger charge is -2.34. The van der Waals surface area contributed by atoms with E-state index in [0.717, 1.165) is 24.4 Å². The Morgan fingerprint density at radius 2 is 1.86 bits per heavy atom. The van der Waals surface area contributed by atoms with Crippen molar-refractivity contribution in [3.63, 3.8) is 0 Å². The number of anilines is 2. The highest BCUT2D eigenvalue weighted by atomic mass is 35.5. The molecule has 0 saturated carbocycles. The fourth-order valence-corrected chi connectivity index (χ4v) is 4.23. The first-order valence-corrected chi connectivity index (χ1v) is 9.59. The normalized spacial score (nSPS) is 17.7. The standard InChI is InChI=1S/C20H19ClF3N3O/c21-16-11-15(20(22,23)24)12-25-18(16)26-8-5-14(6-9-26)19(28)27-10-7-13-3-1-2-4-17(13)27/h1-4,11-12,14H,5-10H2. The van der Waals surface area contributed by atoms with Gasteiger partial charge in [0.2, 0.25) is 5.91 Å². The van der Waals surface area contributed by atoms with Crippen LogP contribution < -0.4 is 9.80 Å². The molecule has 1 fully saturated rings. The lowest BCUT2D eigenvalue weighted by Crippen LogP contribution is -2.42. The van der Waals surface area contributed by atoms with Gasteiger partial charge >= 0.3 is 6.18 Å². The van der Waals surface area contributed by atoms with Crippen molar-refractivity contribution in [2.24, 2.45) is 5.92 Å².